The van der Waals surface area contributed by atoms with Crippen LogP contribution in [0.3, 0.4) is 0 Å². The Morgan fingerprint density at radius 2 is 2.22 bits per heavy atom. The van der Waals surface area contributed by atoms with E-state index in [0.29, 0.717) is 18.5 Å². The van der Waals surface area contributed by atoms with Gasteiger partial charge in [-0.25, -0.2) is 4.39 Å². The van der Waals surface area contributed by atoms with Gasteiger partial charge in [-0.3, -0.25) is 9.78 Å². The maximum absolute atomic E-state index is 13.1. The van der Waals surface area contributed by atoms with Crippen molar-refractivity contribution in [1.29, 1.82) is 0 Å². The van der Waals surface area contributed by atoms with E-state index in [2.05, 4.69) is 10.3 Å². The van der Waals surface area contributed by atoms with E-state index < -0.39 is 0 Å². The van der Waals surface area contributed by atoms with Gasteiger partial charge in [0.05, 0.1) is 11.9 Å². The minimum absolute atomic E-state index is 0.133. The standard InChI is InChI=1S/C17H19FN2O2S/c18-14-4-1-3-13(11-14)5-6-17(22)20-15-12-19-8-7-16(15)23-10-2-9-21/h1,3-4,7-8,11-12,21H,2,5-6,9-10H2,(H,20,22). The fourth-order valence-electron chi connectivity index (χ4n) is 2.01. The molecule has 2 N–H and O–H groups in total. The van der Waals surface area contributed by atoms with E-state index in [0.717, 1.165) is 16.2 Å². The van der Waals surface area contributed by atoms with Gasteiger partial charge in [-0.2, -0.15) is 0 Å². The lowest BCUT2D eigenvalue weighted by molar-refractivity contribution is -0.116. The number of pyridine rings is 1. The summed E-state index contributed by atoms with van der Waals surface area (Å²) in [7, 11) is 0. The highest BCUT2D eigenvalue weighted by Crippen LogP contribution is 2.26. The third-order valence-electron chi connectivity index (χ3n) is 3.14. The molecular weight excluding hydrogens is 315 g/mol. The van der Waals surface area contributed by atoms with Crippen LogP contribution in [0.25, 0.3) is 0 Å². The number of carbonyl (C=O) groups excluding carboxylic acids is 1. The van der Waals surface area contributed by atoms with Crippen molar-refractivity contribution in [3.63, 3.8) is 0 Å². The number of benzene rings is 1. The van der Waals surface area contributed by atoms with Gasteiger partial charge < -0.3 is 10.4 Å². The highest BCUT2D eigenvalue weighted by molar-refractivity contribution is 7.99. The van der Waals surface area contributed by atoms with Crippen molar-refractivity contribution in [2.45, 2.75) is 24.2 Å². The highest BCUT2D eigenvalue weighted by Gasteiger charge is 2.08. The minimum Gasteiger partial charge on any atom is -0.396 e. The molecule has 0 radical (unpaired) electrons. The van der Waals surface area contributed by atoms with Crippen LogP contribution in [0.2, 0.25) is 0 Å². The highest BCUT2D eigenvalue weighted by atomic mass is 32.2. The molecule has 2 rings (SSSR count). The predicted octanol–water partition coefficient (Wildman–Crippen LogP) is 3.27. The number of hydrogen-bond donors (Lipinski definition) is 2. The van der Waals surface area contributed by atoms with Crippen LogP contribution in [0.15, 0.2) is 47.6 Å². The monoisotopic (exact) mass is 334 g/mol. The molecule has 0 spiro atoms. The average molecular weight is 334 g/mol. The van der Waals surface area contributed by atoms with Gasteiger partial charge in [0.25, 0.3) is 0 Å². The lowest BCUT2D eigenvalue weighted by Crippen LogP contribution is -2.13. The van der Waals surface area contributed by atoms with Crippen molar-refractivity contribution < 1.29 is 14.3 Å². The van der Waals surface area contributed by atoms with Gasteiger partial charge in [-0.15, -0.1) is 11.8 Å². The average Bonchev–Trinajstić information content (AvgIpc) is 2.55. The maximum Gasteiger partial charge on any atom is 0.224 e. The molecule has 0 saturated carbocycles. The van der Waals surface area contributed by atoms with Crippen LogP contribution in [0, 0.1) is 5.82 Å². The normalized spacial score (nSPS) is 10.5. The molecule has 0 atom stereocenters. The maximum atomic E-state index is 13.1. The van der Waals surface area contributed by atoms with Crippen LogP contribution >= 0.6 is 11.8 Å². The van der Waals surface area contributed by atoms with Crippen LogP contribution in [0.1, 0.15) is 18.4 Å². The number of halogens is 1. The number of rotatable bonds is 8. The summed E-state index contributed by atoms with van der Waals surface area (Å²) in [6, 6.07) is 8.10. The third-order valence-corrected chi connectivity index (χ3v) is 4.30. The number of carbonyl (C=O) groups is 1. The molecule has 1 heterocycles. The molecule has 0 fully saturated rings. The number of aryl methyl sites for hydroxylation is 1. The second-order valence-corrected chi connectivity index (χ2v) is 6.11. The van der Waals surface area contributed by atoms with Crippen molar-refractivity contribution in [2.24, 2.45) is 0 Å². The molecule has 0 aliphatic heterocycles. The van der Waals surface area contributed by atoms with E-state index in [1.54, 1.807) is 36.3 Å². The predicted molar refractivity (Wildman–Crippen MR) is 90.0 cm³/mol. The Morgan fingerprint density at radius 1 is 1.35 bits per heavy atom. The van der Waals surface area contributed by atoms with Crippen LogP contribution in [-0.4, -0.2) is 28.4 Å². The zero-order chi connectivity index (χ0) is 16.5. The molecule has 1 aromatic heterocycles. The molecule has 0 unspecified atom stereocenters. The lowest BCUT2D eigenvalue weighted by atomic mass is 10.1. The first-order valence-corrected chi connectivity index (χ1v) is 8.39. The fraction of sp³-hybridized carbons (Fsp3) is 0.294. The molecule has 0 aliphatic carbocycles. The molecule has 0 aliphatic rings. The summed E-state index contributed by atoms with van der Waals surface area (Å²) in [6.07, 6.45) is 4.74. The second-order valence-electron chi connectivity index (χ2n) is 4.98. The van der Waals surface area contributed by atoms with Crippen LogP contribution in [0.4, 0.5) is 10.1 Å². The minimum atomic E-state index is -0.294. The van der Waals surface area contributed by atoms with Gasteiger partial charge in [-0.05, 0) is 36.6 Å². The van der Waals surface area contributed by atoms with Crippen molar-refractivity contribution in [3.8, 4) is 0 Å². The third kappa shape index (κ3) is 6.00. The number of nitrogens with zero attached hydrogens (tertiary/aromatic N) is 1. The van der Waals surface area contributed by atoms with Gasteiger partial charge in [0.2, 0.25) is 5.91 Å². The van der Waals surface area contributed by atoms with E-state index >= 15 is 0 Å². The molecule has 1 amide bonds. The van der Waals surface area contributed by atoms with Crippen LogP contribution < -0.4 is 5.32 Å². The summed E-state index contributed by atoms with van der Waals surface area (Å²) < 4.78 is 13.1. The Morgan fingerprint density at radius 3 is 3.00 bits per heavy atom. The first-order chi connectivity index (χ1) is 11.2. The number of anilines is 1. The molecule has 0 bridgehead atoms. The first kappa shape index (κ1) is 17.4. The topological polar surface area (TPSA) is 62.2 Å². The number of nitrogens with one attached hydrogen (secondary N) is 1. The SMILES string of the molecule is O=C(CCc1cccc(F)c1)Nc1cnccc1SCCCO. The number of aliphatic hydroxyl groups is 1. The number of amides is 1. The Bertz CT molecular complexity index is 652. The van der Waals surface area contributed by atoms with E-state index in [4.69, 9.17) is 5.11 Å². The summed E-state index contributed by atoms with van der Waals surface area (Å²) >= 11 is 1.57. The molecule has 1 aromatic carbocycles. The fourth-order valence-corrected chi connectivity index (χ4v) is 2.92. The van der Waals surface area contributed by atoms with Crippen LogP contribution in [0.5, 0.6) is 0 Å². The second kappa shape index (κ2) is 9.27. The first-order valence-electron chi connectivity index (χ1n) is 7.41. The van der Waals surface area contributed by atoms with Gasteiger partial charge in [-0.1, -0.05) is 12.1 Å². The number of aromatic nitrogens is 1. The summed E-state index contributed by atoms with van der Waals surface area (Å²) in [4.78, 5) is 17.0. The lowest BCUT2D eigenvalue weighted by Gasteiger charge is -2.10. The van der Waals surface area contributed by atoms with E-state index in [9.17, 15) is 9.18 Å². The number of hydrogen-bond acceptors (Lipinski definition) is 4. The quantitative estimate of drug-likeness (QED) is 0.574. The molecule has 4 nitrogen and oxygen atoms in total. The van der Waals surface area contributed by atoms with E-state index in [1.807, 2.05) is 6.07 Å². The van der Waals surface area contributed by atoms with Gasteiger partial charge >= 0.3 is 0 Å². The van der Waals surface area contributed by atoms with Crippen LogP contribution in [-0.2, 0) is 11.2 Å². The molecule has 2 aromatic rings. The molecular formula is C17H19FN2O2S. The summed E-state index contributed by atoms with van der Waals surface area (Å²) in [5.74, 6) is 0.344. The Kier molecular flexibility index (Phi) is 7.03. The summed E-state index contributed by atoms with van der Waals surface area (Å²) in [5, 5.41) is 11.7. The summed E-state index contributed by atoms with van der Waals surface area (Å²) in [5.41, 5.74) is 1.46. The Hall–Kier alpha value is -1.92. The Labute approximate surface area is 139 Å². The van der Waals surface area contributed by atoms with Crippen molar-refractivity contribution in [1.82, 2.24) is 4.98 Å². The zero-order valence-corrected chi connectivity index (χ0v) is 13.5. The zero-order valence-electron chi connectivity index (χ0n) is 12.7. The van der Waals surface area contributed by atoms with Gasteiger partial charge in [0.1, 0.15) is 5.82 Å². The number of thioether (sulfide) groups is 1. The number of aliphatic hydroxyl groups excluding tert-OH is 1. The van der Waals surface area contributed by atoms with Crippen molar-refractivity contribution in [3.05, 3.63) is 54.1 Å². The molecule has 0 saturated heterocycles. The summed E-state index contributed by atoms with van der Waals surface area (Å²) in [6.45, 7) is 0.146. The Balaban J connectivity index is 1.89. The van der Waals surface area contributed by atoms with E-state index in [1.165, 1.54) is 12.1 Å². The van der Waals surface area contributed by atoms with Gasteiger partial charge in [0.15, 0.2) is 0 Å². The molecule has 122 valence electrons. The molecule has 23 heavy (non-hydrogen) atoms. The van der Waals surface area contributed by atoms with Gasteiger partial charge in [0, 0.05) is 29.9 Å². The van der Waals surface area contributed by atoms with E-state index in [-0.39, 0.29) is 24.8 Å². The molecule has 6 heteroatoms. The van der Waals surface area contributed by atoms with Crippen molar-refractivity contribution >= 4 is 23.4 Å². The smallest absolute Gasteiger partial charge is 0.224 e. The van der Waals surface area contributed by atoms with Crippen molar-refractivity contribution in [2.75, 3.05) is 17.7 Å². The largest absolute Gasteiger partial charge is 0.396 e.